The number of amides is 2. The van der Waals surface area contributed by atoms with E-state index in [4.69, 9.17) is 4.42 Å². The number of carbonyl (C=O) groups excluding carboxylic acids is 2. The average Bonchev–Trinajstić information content (AvgIpc) is 3.45. The highest BCUT2D eigenvalue weighted by molar-refractivity contribution is 7.90. The molecule has 2 amide bonds. The first-order valence-electron chi connectivity index (χ1n) is 9.46. The van der Waals surface area contributed by atoms with E-state index in [9.17, 15) is 18.0 Å². The van der Waals surface area contributed by atoms with Crippen LogP contribution in [0.15, 0.2) is 57.4 Å². The van der Waals surface area contributed by atoms with Crippen molar-refractivity contribution in [3.8, 4) is 0 Å². The molecule has 0 spiro atoms. The third-order valence-corrected chi connectivity index (χ3v) is 6.73. The van der Waals surface area contributed by atoms with E-state index in [2.05, 4.69) is 10.3 Å². The van der Waals surface area contributed by atoms with Crippen molar-refractivity contribution in [3.63, 3.8) is 0 Å². The Kier molecular flexibility index (Phi) is 5.79. The Morgan fingerprint density at radius 1 is 1.03 bits per heavy atom. The summed E-state index contributed by atoms with van der Waals surface area (Å²) < 4.78 is 28.2. The molecule has 3 heterocycles. The molecule has 1 aliphatic rings. The molecule has 0 saturated carbocycles. The predicted molar refractivity (Wildman–Crippen MR) is 115 cm³/mol. The first kappa shape index (κ1) is 21.1. The molecule has 1 saturated heterocycles. The van der Waals surface area contributed by atoms with Gasteiger partial charge >= 0.3 is 0 Å². The summed E-state index contributed by atoms with van der Waals surface area (Å²) in [6, 6.07) is 9.62. The number of nitrogens with zero attached hydrogens (tertiary/aromatic N) is 3. The van der Waals surface area contributed by atoms with Crippen LogP contribution in [0.1, 0.15) is 21.0 Å². The summed E-state index contributed by atoms with van der Waals surface area (Å²) in [5.41, 5.74) is 0.997. The van der Waals surface area contributed by atoms with E-state index in [1.54, 1.807) is 39.4 Å². The third-order valence-electron chi connectivity index (χ3n) is 4.84. The van der Waals surface area contributed by atoms with E-state index >= 15 is 0 Å². The van der Waals surface area contributed by atoms with Gasteiger partial charge in [0.15, 0.2) is 20.7 Å². The van der Waals surface area contributed by atoms with Gasteiger partial charge < -0.3 is 19.5 Å². The number of carbonyl (C=O) groups is 2. The zero-order valence-corrected chi connectivity index (χ0v) is 18.3. The number of piperazine rings is 1. The molecule has 3 aromatic rings. The summed E-state index contributed by atoms with van der Waals surface area (Å²) >= 11 is 1.29. The van der Waals surface area contributed by atoms with Gasteiger partial charge in [0.25, 0.3) is 11.8 Å². The molecule has 1 fully saturated rings. The normalized spacial score (nSPS) is 14.5. The van der Waals surface area contributed by atoms with Crippen molar-refractivity contribution in [2.75, 3.05) is 37.8 Å². The molecule has 9 nitrogen and oxygen atoms in total. The maximum atomic E-state index is 12.8. The lowest BCUT2D eigenvalue weighted by atomic mass is 10.2. The molecule has 0 atom stereocenters. The maximum absolute atomic E-state index is 12.8. The fourth-order valence-corrected chi connectivity index (χ4v) is 4.50. The van der Waals surface area contributed by atoms with E-state index < -0.39 is 9.84 Å². The van der Waals surface area contributed by atoms with Crippen LogP contribution in [0.25, 0.3) is 0 Å². The second-order valence-electron chi connectivity index (χ2n) is 7.02. The highest BCUT2D eigenvalue weighted by Crippen LogP contribution is 2.23. The van der Waals surface area contributed by atoms with Crippen molar-refractivity contribution in [3.05, 3.63) is 59.5 Å². The Bertz CT molecular complexity index is 1180. The number of hydrogen-bond donors (Lipinski definition) is 1. The number of aromatic nitrogens is 1. The molecular formula is C20H20N4O5S2. The van der Waals surface area contributed by atoms with Gasteiger partial charge in [-0.05, 0) is 36.4 Å². The summed E-state index contributed by atoms with van der Waals surface area (Å²) in [4.78, 5) is 33.0. The first-order chi connectivity index (χ1) is 14.8. The van der Waals surface area contributed by atoms with E-state index in [-0.39, 0.29) is 16.7 Å². The fourth-order valence-electron chi connectivity index (χ4n) is 3.17. The van der Waals surface area contributed by atoms with Crippen LogP contribution in [0.2, 0.25) is 0 Å². The van der Waals surface area contributed by atoms with Crippen molar-refractivity contribution >= 4 is 43.8 Å². The molecular weight excluding hydrogens is 440 g/mol. The van der Waals surface area contributed by atoms with Crippen LogP contribution in [0, 0.1) is 0 Å². The second-order valence-corrected chi connectivity index (χ2v) is 9.89. The number of furan rings is 1. The van der Waals surface area contributed by atoms with Crippen LogP contribution in [-0.4, -0.2) is 67.5 Å². The minimum absolute atomic E-state index is 0.181. The van der Waals surface area contributed by atoms with Gasteiger partial charge in [0.1, 0.15) is 5.69 Å². The van der Waals surface area contributed by atoms with E-state index in [1.807, 2.05) is 0 Å². The second kappa shape index (κ2) is 8.52. The lowest BCUT2D eigenvalue weighted by molar-refractivity contribution is 0.0515. The number of rotatable bonds is 5. The zero-order valence-electron chi connectivity index (χ0n) is 16.6. The van der Waals surface area contributed by atoms with Gasteiger partial charge in [0.2, 0.25) is 0 Å². The Hall–Kier alpha value is -3.18. The van der Waals surface area contributed by atoms with Crippen LogP contribution in [-0.2, 0) is 9.84 Å². The van der Waals surface area contributed by atoms with Crippen molar-refractivity contribution in [1.29, 1.82) is 0 Å². The minimum Gasteiger partial charge on any atom is -0.459 e. The van der Waals surface area contributed by atoms with Gasteiger partial charge in [0.05, 0.1) is 11.2 Å². The SMILES string of the molecule is CS(=O)(=O)c1ccc(Nc2nc(C(=O)N3CCN(C(=O)c4ccco4)CC3)cs2)cc1. The topological polar surface area (TPSA) is 113 Å². The van der Waals surface area contributed by atoms with E-state index in [1.165, 1.54) is 29.7 Å². The molecule has 11 heteroatoms. The van der Waals surface area contributed by atoms with Gasteiger partial charge in [0, 0.05) is 43.5 Å². The molecule has 1 aliphatic heterocycles. The summed E-state index contributed by atoms with van der Waals surface area (Å²) in [5, 5.41) is 5.28. The Labute approximate surface area is 183 Å². The molecule has 2 aromatic heterocycles. The van der Waals surface area contributed by atoms with Crippen LogP contribution < -0.4 is 5.32 Å². The minimum atomic E-state index is -3.25. The highest BCUT2D eigenvalue weighted by Gasteiger charge is 2.27. The van der Waals surface area contributed by atoms with Gasteiger partial charge in [-0.3, -0.25) is 9.59 Å². The molecule has 31 heavy (non-hydrogen) atoms. The molecule has 162 valence electrons. The van der Waals surface area contributed by atoms with Crippen molar-refractivity contribution < 1.29 is 22.4 Å². The molecule has 4 rings (SSSR count). The molecule has 1 aromatic carbocycles. The number of sulfone groups is 1. The number of anilines is 2. The predicted octanol–water partition coefficient (Wildman–Crippen LogP) is 2.48. The van der Waals surface area contributed by atoms with E-state index in [0.717, 1.165) is 6.26 Å². The monoisotopic (exact) mass is 460 g/mol. The third kappa shape index (κ3) is 4.78. The summed E-state index contributed by atoms with van der Waals surface area (Å²) in [6.07, 6.45) is 2.61. The summed E-state index contributed by atoms with van der Waals surface area (Å²) in [5.74, 6) is -0.0829. The molecule has 0 bridgehead atoms. The van der Waals surface area contributed by atoms with E-state index in [0.29, 0.717) is 48.5 Å². The summed E-state index contributed by atoms with van der Waals surface area (Å²) in [7, 11) is -3.25. The first-order valence-corrected chi connectivity index (χ1v) is 12.2. The highest BCUT2D eigenvalue weighted by atomic mass is 32.2. The number of nitrogens with one attached hydrogen (secondary N) is 1. The zero-order chi connectivity index (χ0) is 22.0. The Morgan fingerprint density at radius 2 is 1.68 bits per heavy atom. The van der Waals surface area contributed by atoms with Crippen LogP contribution in [0.5, 0.6) is 0 Å². The largest absolute Gasteiger partial charge is 0.459 e. The quantitative estimate of drug-likeness (QED) is 0.622. The smallest absolute Gasteiger partial charge is 0.289 e. The maximum Gasteiger partial charge on any atom is 0.289 e. The van der Waals surface area contributed by atoms with Crippen LogP contribution in [0.4, 0.5) is 10.8 Å². The lowest BCUT2D eigenvalue weighted by Gasteiger charge is -2.33. The van der Waals surface area contributed by atoms with Crippen molar-refractivity contribution in [1.82, 2.24) is 14.8 Å². The number of thiazole rings is 1. The molecule has 0 radical (unpaired) electrons. The van der Waals surface area contributed by atoms with Gasteiger partial charge in [-0.15, -0.1) is 11.3 Å². The average molecular weight is 461 g/mol. The molecule has 0 aliphatic carbocycles. The standard InChI is InChI=1S/C20H20N4O5S2/c1-31(27,28)15-6-4-14(5-7-15)21-20-22-16(13-30-20)18(25)23-8-10-24(11-9-23)19(26)17-3-2-12-29-17/h2-7,12-13H,8-11H2,1H3,(H,21,22). The molecule has 0 unspecified atom stereocenters. The van der Waals surface area contributed by atoms with Crippen molar-refractivity contribution in [2.45, 2.75) is 4.90 Å². The van der Waals surface area contributed by atoms with Crippen LogP contribution >= 0.6 is 11.3 Å². The Morgan fingerprint density at radius 3 is 2.26 bits per heavy atom. The molecule has 1 N–H and O–H groups in total. The number of benzene rings is 1. The van der Waals surface area contributed by atoms with Crippen LogP contribution in [0.3, 0.4) is 0 Å². The Balaban J connectivity index is 1.35. The summed E-state index contributed by atoms with van der Waals surface area (Å²) in [6.45, 7) is 1.68. The lowest BCUT2D eigenvalue weighted by Crippen LogP contribution is -2.50. The van der Waals surface area contributed by atoms with Gasteiger partial charge in [-0.25, -0.2) is 13.4 Å². The van der Waals surface area contributed by atoms with Gasteiger partial charge in [-0.2, -0.15) is 0 Å². The van der Waals surface area contributed by atoms with Crippen molar-refractivity contribution in [2.24, 2.45) is 0 Å². The fraction of sp³-hybridized carbons (Fsp3) is 0.250. The number of hydrogen-bond acceptors (Lipinski definition) is 8. The van der Waals surface area contributed by atoms with Gasteiger partial charge in [-0.1, -0.05) is 0 Å².